The van der Waals surface area contributed by atoms with Gasteiger partial charge in [-0.15, -0.1) is 12.4 Å². The molecule has 0 aliphatic carbocycles. The number of fused-ring (bicyclic) bond motifs is 3. The second kappa shape index (κ2) is 7.79. The van der Waals surface area contributed by atoms with Crippen LogP contribution in [-0.4, -0.2) is 66.2 Å². The Morgan fingerprint density at radius 2 is 1.82 bits per heavy atom. The number of carbonyl (C=O) groups is 2. The van der Waals surface area contributed by atoms with Crippen LogP contribution in [0.4, 0.5) is 0 Å². The van der Waals surface area contributed by atoms with Gasteiger partial charge < -0.3 is 24.6 Å². The predicted molar refractivity (Wildman–Crippen MR) is 105 cm³/mol. The Labute approximate surface area is 170 Å². The molecule has 7 nitrogen and oxygen atoms in total. The van der Waals surface area contributed by atoms with Gasteiger partial charge in [0.15, 0.2) is 11.5 Å². The van der Waals surface area contributed by atoms with E-state index < -0.39 is 0 Å². The Balaban J connectivity index is 0.00000192. The Morgan fingerprint density at radius 1 is 1.00 bits per heavy atom. The lowest BCUT2D eigenvalue weighted by molar-refractivity contribution is -0.135. The molecule has 2 amide bonds. The van der Waals surface area contributed by atoms with Gasteiger partial charge in [-0.3, -0.25) is 9.59 Å². The molecule has 3 unspecified atom stereocenters. The third kappa shape index (κ3) is 3.42. The highest BCUT2D eigenvalue weighted by Gasteiger charge is 2.39. The van der Waals surface area contributed by atoms with Gasteiger partial charge in [0.25, 0.3) is 5.91 Å². The average molecular weight is 408 g/mol. The number of ether oxygens (including phenoxy) is 2. The molecule has 3 atom stereocenters. The third-order valence-electron chi connectivity index (χ3n) is 6.25. The van der Waals surface area contributed by atoms with Crippen LogP contribution < -0.4 is 14.8 Å². The number of nitrogens with one attached hydrogen (secondary N) is 1. The molecule has 3 saturated heterocycles. The number of hydrogen-bond acceptors (Lipinski definition) is 5. The molecule has 0 spiro atoms. The zero-order valence-electron chi connectivity index (χ0n) is 15.8. The van der Waals surface area contributed by atoms with E-state index in [1.807, 2.05) is 4.90 Å². The Bertz CT molecular complexity index is 774. The second-order valence-corrected chi connectivity index (χ2v) is 7.94. The number of carbonyl (C=O) groups excluding carboxylic acids is 2. The van der Waals surface area contributed by atoms with Crippen LogP contribution in [0, 0.1) is 0 Å². The van der Waals surface area contributed by atoms with Gasteiger partial charge in [0.05, 0.1) is 0 Å². The molecule has 4 heterocycles. The first kappa shape index (κ1) is 19.3. The SMILES string of the molecule is Cl.O=C(C1CCCN1C(=O)c1ccc2c(c1)OCO2)N1CCC2CCC(C1)N2. The minimum absolute atomic E-state index is 0. The number of hydrogen-bond donors (Lipinski definition) is 1. The Hall–Kier alpha value is -1.99. The van der Waals surface area contributed by atoms with Crippen LogP contribution >= 0.6 is 12.4 Å². The first-order valence-electron chi connectivity index (χ1n) is 9.94. The van der Waals surface area contributed by atoms with Crippen molar-refractivity contribution in [3.8, 4) is 11.5 Å². The van der Waals surface area contributed by atoms with Crippen molar-refractivity contribution in [3.05, 3.63) is 23.8 Å². The van der Waals surface area contributed by atoms with E-state index in [1.165, 1.54) is 6.42 Å². The third-order valence-corrected chi connectivity index (χ3v) is 6.25. The lowest BCUT2D eigenvalue weighted by Gasteiger charge is -2.31. The lowest BCUT2D eigenvalue weighted by atomic mass is 10.1. The number of rotatable bonds is 2. The molecule has 4 aliphatic heterocycles. The summed E-state index contributed by atoms with van der Waals surface area (Å²) in [4.78, 5) is 30.0. The molecule has 2 bridgehead atoms. The quantitative estimate of drug-likeness (QED) is 0.809. The summed E-state index contributed by atoms with van der Waals surface area (Å²) in [6.45, 7) is 2.36. The fraction of sp³-hybridized carbons (Fsp3) is 0.600. The van der Waals surface area contributed by atoms with Crippen LogP contribution in [-0.2, 0) is 4.79 Å². The summed E-state index contributed by atoms with van der Waals surface area (Å²) in [6.07, 6.45) is 4.97. The molecule has 152 valence electrons. The van der Waals surface area contributed by atoms with Crippen molar-refractivity contribution >= 4 is 24.2 Å². The average Bonchev–Trinajstić information content (AvgIpc) is 3.39. The van der Waals surface area contributed by atoms with E-state index >= 15 is 0 Å². The van der Waals surface area contributed by atoms with Gasteiger partial charge in [0.1, 0.15) is 6.04 Å². The van der Waals surface area contributed by atoms with Crippen LogP contribution in [0.25, 0.3) is 0 Å². The summed E-state index contributed by atoms with van der Waals surface area (Å²) in [5.74, 6) is 1.26. The molecule has 1 aromatic carbocycles. The summed E-state index contributed by atoms with van der Waals surface area (Å²) < 4.78 is 10.7. The Kier molecular flexibility index (Phi) is 5.38. The van der Waals surface area contributed by atoms with Gasteiger partial charge in [-0.25, -0.2) is 0 Å². The van der Waals surface area contributed by atoms with Crippen molar-refractivity contribution in [3.63, 3.8) is 0 Å². The topological polar surface area (TPSA) is 71.1 Å². The monoisotopic (exact) mass is 407 g/mol. The van der Waals surface area contributed by atoms with Crippen LogP contribution in [0.1, 0.15) is 42.5 Å². The van der Waals surface area contributed by atoms with Gasteiger partial charge in [-0.1, -0.05) is 0 Å². The van der Waals surface area contributed by atoms with Crippen molar-refractivity contribution in [2.45, 2.75) is 50.2 Å². The molecule has 3 fully saturated rings. The molecule has 4 aliphatic rings. The van der Waals surface area contributed by atoms with E-state index in [0.717, 1.165) is 38.8 Å². The van der Waals surface area contributed by atoms with E-state index in [1.54, 1.807) is 23.1 Å². The van der Waals surface area contributed by atoms with E-state index in [2.05, 4.69) is 5.32 Å². The zero-order chi connectivity index (χ0) is 18.4. The van der Waals surface area contributed by atoms with E-state index in [4.69, 9.17) is 9.47 Å². The van der Waals surface area contributed by atoms with Gasteiger partial charge in [0, 0.05) is 37.3 Å². The highest BCUT2D eigenvalue weighted by Crippen LogP contribution is 2.33. The number of benzene rings is 1. The first-order chi connectivity index (χ1) is 13.2. The summed E-state index contributed by atoms with van der Waals surface area (Å²) >= 11 is 0. The predicted octanol–water partition coefficient (Wildman–Crippen LogP) is 1.79. The van der Waals surface area contributed by atoms with E-state index in [-0.39, 0.29) is 37.1 Å². The fourth-order valence-corrected chi connectivity index (χ4v) is 4.82. The van der Waals surface area contributed by atoms with Crippen molar-refractivity contribution in [2.75, 3.05) is 26.4 Å². The number of nitrogens with zero attached hydrogens (tertiary/aromatic N) is 2. The summed E-state index contributed by atoms with van der Waals surface area (Å²) in [7, 11) is 0. The summed E-state index contributed by atoms with van der Waals surface area (Å²) in [6, 6.07) is 5.84. The van der Waals surface area contributed by atoms with Crippen LogP contribution in [0.3, 0.4) is 0 Å². The van der Waals surface area contributed by atoms with Gasteiger partial charge >= 0.3 is 0 Å². The molecule has 1 N–H and O–H groups in total. The minimum atomic E-state index is -0.348. The number of amides is 2. The lowest BCUT2D eigenvalue weighted by Crippen LogP contribution is -2.50. The van der Waals surface area contributed by atoms with Crippen molar-refractivity contribution in [2.24, 2.45) is 0 Å². The highest BCUT2D eigenvalue weighted by atomic mass is 35.5. The standard InChI is InChI=1S/C20H25N3O4.ClH/c24-19(13-3-6-17-18(10-13)27-12-26-17)23-8-1-2-16(23)20(25)22-9-7-14-4-5-15(11-22)21-14;/h3,6,10,14-16,21H,1-2,4-5,7-9,11-12H2;1H. The molecule has 1 aromatic rings. The fourth-order valence-electron chi connectivity index (χ4n) is 4.82. The Morgan fingerprint density at radius 3 is 2.71 bits per heavy atom. The number of halogens is 1. The van der Waals surface area contributed by atoms with Crippen LogP contribution in [0.2, 0.25) is 0 Å². The van der Waals surface area contributed by atoms with Crippen molar-refractivity contribution in [1.82, 2.24) is 15.1 Å². The number of likely N-dealkylation sites (tertiary alicyclic amines) is 2. The molecular formula is C20H26ClN3O4. The summed E-state index contributed by atoms with van der Waals surface area (Å²) in [5, 5.41) is 3.61. The normalized spacial score (nSPS) is 28.1. The molecule has 28 heavy (non-hydrogen) atoms. The largest absolute Gasteiger partial charge is 0.454 e. The van der Waals surface area contributed by atoms with Crippen LogP contribution in [0.15, 0.2) is 18.2 Å². The zero-order valence-corrected chi connectivity index (χ0v) is 16.6. The van der Waals surface area contributed by atoms with Crippen molar-refractivity contribution in [1.29, 1.82) is 0 Å². The molecular weight excluding hydrogens is 382 g/mol. The molecule has 0 saturated carbocycles. The van der Waals surface area contributed by atoms with Gasteiger partial charge in [0.2, 0.25) is 12.7 Å². The highest BCUT2D eigenvalue weighted by molar-refractivity contribution is 5.98. The van der Waals surface area contributed by atoms with Crippen LogP contribution in [0.5, 0.6) is 11.5 Å². The molecule has 8 heteroatoms. The summed E-state index contributed by atoms with van der Waals surface area (Å²) in [5.41, 5.74) is 0.551. The van der Waals surface area contributed by atoms with Crippen molar-refractivity contribution < 1.29 is 19.1 Å². The maximum absolute atomic E-state index is 13.2. The van der Waals surface area contributed by atoms with E-state index in [0.29, 0.717) is 35.7 Å². The maximum atomic E-state index is 13.2. The van der Waals surface area contributed by atoms with E-state index in [9.17, 15) is 9.59 Å². The second-order valence-electron chi connectivity index (χ2n) is 7.94. The smallest absolute Gasteiger partial charge is 0.254 e. The molecule has 5 rings (SSSR count). The molecule has 0 aromatic heterocycles. The minimum Gasteiger partial charge on any atom is -0.454 e. The molecule has 0 radical (unpaired) electrons. The van der Waals surface area contributed by atoms with Gasteiger partial charge in [-0.05, 0) is 50.3 Å². The maximum Gasteiger partial charge on any atom is 0.254 e. The van der Waals surface area contributed by atoms with Gasteiger partial charge in [-0.2, -0.15) is 0 Å². The first-order valence-corrected chi connectivity index (χ1v) is 9.94.